The molecule has 0 aromatic heterocycles. The van der Waals surface area contributed by atoms with Gasteiger partial charge in [-0.15, -0.1) is 0 Å². The molecule has 2 saturated heterocycles. The predicted octanol–water partition coefficient (Wildman–Crippen LogP) is 1.30. The van der Waals surface area contributed by atoms with Crippen LogP contribution in [0.1, 0.15) is 6.92 Å². The van der Waals surface area contributed by atoms with Gasteiger partial charge >= 0.3 is 6.09 Å². The van der Waals surface area contributed by atoms with Crippen LogP contribution in [-0.4, -0.2) is 106 Å². The van der Waals surface area contributed by atoms with Crippen LogP contribution in [0.5, 0.6) is 0 Å². The molecule has 30 heavy (non-hydrogen) atoms. The second kappa shape index (κ2) is 11.0. The number of nitrogens with one attached hydrogen (secondary N) is 1. The highest BCUT2D eigenvalue weighted by molar-refractivity contribution is 5.80. The van der Waals surface area contributed by atoms with Gasteiger partial charge < -0.3 is 24.8 Å². The molecule has 2 aliphatic rings. The third-order valence-electron chi connectivity index (χ3n) is 5.59. The van der Waals surface area contributed by atoms with Crippen molar-refractivity contribution in [3.05, 3.63) is 30.1 Å². The Kier molecular flexibility index (Phi) is 8.12. The van der Waals surface area contributed by atoms with E-state index in [1.54, 1.807) is 11.9 Å². The van der Waals surface area contributed by atoms with Gasteiger partial charge in [0.25, 0.3) is 0 Å². The zero-order valence-electron chi connectivity index (χ0n) is 18.0. The number of rotatable bonds is 5. The molecular weight excluding hydrogens is 387 g/mol. The summed E-state index contributed by atoms with van der Waals surface area (Å²) >= 11 is 0. The lowest BCUT2D eigenvalue weighted by molar-refractivity contribution is 0.0914. The Balaban J connectivity index is 1.36. The number of hydrogen-bond donors (Lipinski definition) is 1. The van der Waals surface area contributed by atoms with Crippen molar-refractivity contribution >= 4 is 17.7 Å². The first-order valence-electron chi connectivity index (χ1n) is 10.7. The van der Waals surface area contributed by atoms with Crippen LogP contribution in [0.2, 0.25) is 0 Å². The number of carbonyl (C=O) groups excluding carboxylic acids is 1. The third-order valence-corrected chi connectivity index (χ3v) is 5.59. The van der Waals surface area contributed by atoms with Gasteiger partial charge in [0.2, 0.25) is 0 Å². The monoisotopic (exact) mass is 420 g/mol. The van der Waals surface area contributed by atoms with Gasteiger partial charge in [-0.3, -0.25) is 9.89 Å². The van der Waals surface area contributed by atoms with Gasteiger partial charge in [-0.1, -0.05) is 0 Å². The fourth-order valence-corrected chi connectivity index (χ4v) is 3.86. The van der Waals surface area contributed by atoms with Crippen LogP contribution in [0.15, 0.2) is 29.3 Å². The molecule has 0 atom stereocenters. The van der Waals surface area contributed by atoms with E-state index in [2.05, 4.69) is 25.0 Å². The normalized spacial score (nSPS) is 18.5. The van der Waals surface area contributed by atoms with Crippen molar-refractivity contribution in [1.29, 1.82) is 0 Å². The largest absolute Gasteiger partial charge is 0.450 e. The van der Waals surface area contributed by atoms with Crippen LogP contribution < -0.4 is 10.2 Å². The Labute approximate surface area is 178 Å². The van der Waals surface area contributed by atoms with Crippen LogP contribution in [0, 0.1) is 5.82 Å². The molecule has 0 bridgehead atoms. The summed E-state index contributed by atoms with van der Waals surface area (Å²) in [5.74, 6) is 0.683. The number of carbonyl (C=O) groups is 1. The summed E-state index contributed by atoms with van der Waals surface area (Å²) < 4.78 is 18.2. The molecule has 2 heterocycles. The number of aliphatic imine (C=N–C) groups is 1. The maximum absolute atomic E-state index is 13.1. The lowest BCUT2D eigenvalue weighted by Gasteiger charge is -2.37. The molecule has 8 nitrogen and oxygen atoms in total. The first kappa shape index (κ1) is 22.1. The zero-order chi connectivity index (χ0) is 21.3. The van der Waals surface area contributed by atoms with Crippen LogP contribution in [0.25, 0.3) is 0 Å². The number of halogens is 1. The van der Waals surface area contributed by atoms with Crippen LogP contribution >= 0.6 is 0 Å². The standard InChI is InChI=1S/C21H33FN6O2/c1-3-30-21(29)28-16-14-27(15-17-28)20(23-2)24-8-9-25-10-12-26(13-11-25)19-6-4-18(22)5-7-19/h4-7H,3,8-17H2,1-2H3,(H,23,24). The number of anilines is 1. The summed E-state index contributed by atoms with van der Waals surface area (Å²) in [5, 5.41) is 3.45. The summed E-state index contributed by atoms with van der Waals surface area (Å²) in [7, 11) is 1.79. The molecule has 1 aromatic rings. The smallest absolute Gasteiger partial charge is 0.409 e. The van der Waals surface area contributed by atoms with Gasteiger partial charge in [-0.25, -0.2) is 9.18 Å². The number of amides is 1. The molecule has 0 aliphatic carbocycles. The minimum atomic E-state index is -0.236. The molecule has 2 aliphatic heterocycles. The van der Waals surface area contributed by atoms with Gasteiger partial charge in [0.1, 0.15) is 5.82 Å². The maximum Gasteiger partial charge on any atom is 0.409 e. The molecule has 1 aromatic carbocycles. The van der Waals surface area contributed by atoms with Crippen molar-refractivity contribution in [3.63, 3.8) is 0 Å². The first-order valence-corrected chi connectivity index (χ1v) is 10.7. The van der Waals surface area contributed by atoms with Gasteiger partial charge in [-0.2, -0.15) is 0 Å². The fourth-order valence-electron chi connectivity index (χ4n) is 3.86. The summed E-state index contributed by atoms with van der Waals surface area (Å²) in [4.78, 5) is 24.9. The lowest BCUT2D eigenvalue weighted by atomic mass is 10.2. The molecule has 0 saturated carbocycles. The van der Waals surface area contributed by atoms with Gasteiger partial charge in [0, 0.05) is 78.2 Å². The zero-order valence-corrected chi connectivity index (χ0v) is 18.0. The van der Waals surface area contributed by atoms with E-state index in [-0.39, 0.29) is 11.9 Å². The molecule has 9 heteroatoms. The number of guanidine groups is 1. The second-order valence-electron chi connectivity index (χ2n) is 7.45. The molecule has 0 radical (unpaired) electrons. The number of hydrogen-bond acceptors (Lipinski definition) is 5. The van der Waals surface area contributed by atoms with Crippen molar-refractivity contribution in [2.75, 3.05) is 84.0 Å². The summed E-state index contributed by atoms with van der Waals surface area (Å²) in [5.41, 5.74) is 1.08. The predicted molar refractivity (Wildman–Crippen MR) is 117 cm³/mol. The van der Waals surface area contributed by atoms with E-state index in [1.807, 2.05) is 19.1 Å². The SMILES string of the molecule is CCOC(=O)N1CCN(C(=NC)NCCN2CCN(c3ccc(F)cc3)CC2)CC1. The van der Waals surface area contributed by atoms with Gasteiger partial charge in [-0.05, 0) is 31.2 Å². The van der Waals surface area contributed by atoms with E-state index in [1.165, 1.54) is 12.1 Å². The Bertz CT molecular complexity index is 698. The molecule has 1 N–H and O–H groups in total. The molecule has 3 rings (SSSR count). The molecule has 166 valence electrons. The van der Waals surface area contributed by atoms with Crippen molar-refractivity contribution < 1.29 is 13.9 Å². The number of nitrogens with zero attached hydrogens (tertiary/aromatic N) is 5. The van der Waals surface area contributed by atoms with E-state index in [4.69, 9.17) is 4.74 Å². The average molecular weight is 421 g/mol. The van der Waals surface area contributed by atoms with Crippen LogP contribution in [0.4, 0.5) is 14.9 Å². The van der Waals surface area contributed by atoms with E-state index in [9.17, 15) is 9.18 Å². The van der Waals surface area contributed by atoms with Crippen molar-refractivity contribution in [2.45, 2.75) is 6.92 Å². The van der Waals surface area contributed by atoms with Gasteiger partial charge in [0.05, 0.1) is 6.61 Å². The van der Waals surface area contributed by atoms with E-state index in [0.29, 0.717) is 19.7 Å². The number of ether oxygens (including phenoxy) is 1. The summed E-state index contributed by atoms with van der Waals surface area (Å²) in [6, 6.07) is 6.73. The average Bonchev–Trinajstić information content (AvgIpc) is 2.78. The van der Waals surface area contributed by atoms with Crippen molar-refractivity contribution in [2.24, 2.45) is 4.99 Å². The highest BCUT2D eigenvalue weighted by Gasteiger charge is 2.24. The van der Waals surface area contributed by atoms with E-state index in [0.717, 1.165) is 64.0 Å². The van der Waals surface area contributed by atoms with Crippen molar-refractivity contribution in [1.82, 2.24) is 20.0 Å². The Morgan fingerprint density at radius 1 is 1.03 bits per heavy atom. The molecule has 0 spiro atoms. The molecule has 1 amide bonds. The molecule has 0 unspecified atom stereocenters. The summed E-state index contributed by atoms with van der Waals surface area (Å²) in [6.45, 7) is 10.6. The highest BCUT2D eigenvalue weighted by Crippen LogP contribution is 2.16. The Morgan fingerprint density at radius 3 is 2.27 bits per heavy atom. The van der Waals surface area contributed by atoms with Gasteiger partial charge in [0.15, 0.2) is 5.96 Å². The minimum absolute atomic E-state index is 0.195. The number of benzene rings is 1. The highest BCUT2D eigenvalue weighted by atomic mass is 19.1. The Hall–Kier alpha value is -2.55. The van der Waals surface area contributed by atoms with E-state index >= 15 is 0 Å². The lowest BCUT2D eigenvalue weighted by Crippen LogP contribution is -2.55. The Morgan fingerprint density at radius 2 is 1.67 bits per heavy atom. The van der Waals surface area contributed by atoms with Crippen molar-refractivity contribution in [3.8, 4) is 0 Å². The fraction of sp³-hybridized carbons (Fsp3) is 0.619. The quantitative estimate of drug-likeness (QED) is 0.572. The summed E-state index contributed by atoms with van der Waals surface area (Å²) in [6.07, 6.45) is -0.236. The second-order valence-corrected chi connectivity index (χ2v) is 7.45. The number of piperazine rings is 2. The molecule has 2 fully saturated rings. The van der Waals surface area contributed by atoms with Crippen LogP contribution in [-0.2, 0) is 4.74 Å². The topological polar surface area (TPSA) is 63.7 Å². The maximum atomic E-state index is 13.1. The molecular formula is C21H33FN6O2. The van der Waals surface area contributed by atoms with E-state index < -0.39 is 0 Å². The first-order chi connectivity index (χ1) is 14.6. The minimum Gasteiger partial charge on any atom is -0.450 e. The third kappa shape index (κ3) is 5.98. The van der Waals surface area contributed by atoms with Crippen LogP contribution in [0.3, 0.4) is 0 Å².